The summed E-state index contributed by atoms with van der Waals surface area (Å²) >= 11 is 1.61. The van der Waals surface area contributed by atoms with Gasteiger partial charge in [0.1, 0.15) is 0 Å². The van der Waals surface area contributed by atoms with E-state index >= 15 is 0 Å². The number of carbonyl (C=O) groups is 1. The summed E-state index contributed by atoms with van der Waals surface area (Å²) in [5.74, 6) is 0.0827. The van der Waals surface area contributed by atoms with Crippen molar-refractivity contribution in [1.29, 1.82) is 0 Å². The van der Waals surface area contributed by atoms with Gasteiger partial charge in [0.25, 0.3) is 0 Å². The Labute approximate surface area is 105 Å². The van der Waals surface area contributed by atoms with E-state index in [1.807, 2.05) is 13.0 Å². The Balaban J connectivity index is 1.96. The molecule has 0 aliphatic carbocycles. The predicted molar refractivity (Wildman–Crippen MR) is 68.3 cm³/mol. The van der Waals surface area contributed by atoms with Crippen LogP contribution in [0.25, 0.3) is 0 Å². The van der Waals surface area contributed by atoms with E-state index in [9.17, 15) is 4.79 Å². The molecule has 90 valence electrons. The lowest BCUT2D eigenvalue weighted by atomic mass is 9.88. The van der Waals surface area contributed by atoms with Crippen LogP contribution in [-0.2, 0) is 15.1 Å². The van der Waals surface area contributed by atoms with Gasteiger partial charge in [0, 0.05) is 11.3 Å². The molecule has 3 rings (SSSR count). The van der Waals surface area contributed by atoms with E-state index in [1.54, 1.807) is 11.8 Å². The van der Waals surface area contributed by atoms with Crippen LogP contribution < -0.4 is 5.32 Å². The summed E-state index contributed by atoms with van der Waals surface area (Å²) in [6, 6.07) is 6.23. The molecule has 4 heteroatoms. The first kappa shape index (κ1) is 11.1. The third kappa shape index (κ3) is 1.76. The molecule has 0 radical (unpaired) electrons. The number of hydrogen-bond acceptors (Lipinski definition) is 3. The van der Waals surface area contributed by atoms with Gasteiger partial charge < -0.3 is 10.1 Å². The summed E-state index contributed by atoms with van der Waals surface area (Å²) in [6.07, 6.45) is 1.04. The van der Waals surface area contributed by atoms with Crippen LogP contribution in [0.2, 0.25) is 0 Å². The molecule has 0 bridgehead atoms. The summed E-state index contributed by atoms with van der Waals surface area (Å²) in [4.78, 5) is 12.8. The Morgan fingerprint density at radius 3 is 2.94 bits per heavy atom. The van der Waals surface area contributed by atoms with Gasteiger partial charge in [-0.1, -0.05) is 6.07 Å². The monoisotopic (exact) mass is 249 g/mol. The molecule has 1 amide bonds. The maximum absolute atomic E-state index is 11.6. The van der Waals surface area contributed by atoms with Crippen molar-refractivity contribution in [3.8, 4) is 0 Å². The van der Waals surface area contributed by atoms with Gasteiger partial charge in [-0.3, -0.25) is 4.79 Å². The Kier molecular flexibility index (Phi) is 2.45. The van der Waals surface area contributed by atoms with Crippen LogP contribution in [0.1, 0.15) is 25.8 Å². The summed E-state index contributed by atoms with van der Waals surface area (Å²) < 4.78 is 5.62. The third-order valence-electron chi connectivity index (χ3n) is 3.52. The van der Waals surface area contributed by atoms with Gasteiger partial charge in [-0.25, -0.2) is 0 Å². The number of benzene rings is 1. The maximum Gasteiger partial charge on any atom is 0.237 e. The highest BCUT2D eigenvalue weighted by atomic mass is 32.2. The van der Waals surface area contributed by atoms with Gasteiger partial charge in [0.05, 0.1) is 23.1 Å². The number of thioether (sulfide) groups is 1. The molecular formula is C13H15NO2S. The van der Waals surface area contributed by atoms with Crippen molar-refractivity contribution in [2.24, 2.45) is 0 Å². The summed E-state index contributed by atoms with van der Waals surface area (Å²) in [7, 11) is 0. The van der Waals surface area contributed by atoms with Crippen molar-refractivity contribution in [1.82, 2.24) is 0 Å². The van der Waals surface area contributed by atoms with Crippen LogP contribution in [0.15, 0.2) is 23.1 Å². The van der Waals surface area contributed by atoms with Gasteiger partial charge >= 0.3 is 0 Å². The van der Waals surface area contributed by atoms with E-state index in [0.29, 0.717) is 0 Å². The Morgan fingerprint density at radius 1 is 1.53 bits per heavy atom. The average Bonchev–Trinajstić information content (AvgIpc) is 2.27. The largest absolute Gasteiger partial charge is 0.370 e. The van der Waals surface area contributed by atoms with Crippen molar-refractivity contribution in [3.05, 3.63) is 23.8 Å². The molecular weight excluding hydrogens is 234 g/mol. The van der Waals surface area contributed by atoms with Crippen LogP contribution in [-0.4, -0.2) is 17.8 Å². The third-order valence-corrected chi connectivity index (χ3v) is 4.70. The zero-order chi connectivity index (χ0) is 12.0. The smallest absolute Gasteiger partial charge is 0.237 e. The summed E-state index contributed by atoms with van der Waals surface area (Å²) in [5, 5.41) is 2.94. The molecule has 2 unspecified atom stereocenters. The maximum atomic E-state index is 11.6. The van der Waals surface area contributed by atoms with Gasteiger partial charge in [-0.2, -0.15) is 0 Å². The molecule has 1 fully saturated rings. The fourth-order valence-electron chi connectivity index (χ4n) is 2.17. The molecule has 1 N–H and O–H groups in total. The van der Waals surface area contributed by atoms with Crippen LogP contribution in [0.4, 0.5) is 5.69 Å². The average molecular weight is 249 g/mol. The number of amides is 1. The first-order valence-electron chi connectivity index (χ1n) is 5.84. The highest BCUT2D eigenvalue weighted by Gasteiger charge is 2.36. The zero-order valence-electron chi connectivity index (χ0n) is 9.95. The Hall–Kier alpha value is -1.00. The minimum atomic E-state index is -0.159. The van der Waals surface area contributed by atoms with Crippen LogP contribution >= 0.6 is 11.8 Å². The second-order valence-corrected chi connectivity index (χ2v) is 6.17. The number of hydrogen-bond donors (Lipinski definition) is 1. The van der Waals surface area contributed by atoms with Gasteiger partial charge in [0.2, 0.25) is 5.91 Å². The molecule has 2 aliphatic rings. The summed E-state index contributed by atoms with van der Waals surface area (Å²) in [5.41, 5.74) is 1.92. The van der Waals surface area contributed by atoms with Crippen molar-refractivity contribution < 1.29 is 9.53 Å². The van der Waals surface area contributed by atoms with Crippen molar-refractivity contribution >= 4 is 23.4 Å². The van der Waals surface area contributed by atoms with E-state index in [4.69, 9.17) is 4.74 Å². The second kappa shape index (κ2) is 3.75. The molecule has 2 heterocycles. The minimum Gasteiger partial charge on any atom is -0.370 e. The molecule has 2 aliphatic heterocycles. The second-order valence-electron chi connectivity index (χ2n) is 4.79. The fourth-order valence-corrected chi connectivity index (χ4v) is 3.10. The first-order valence-corrected chi connectivity index (χ1v) is 6.72. The topological polar surface area (TPSA) is 38.3 Å². The molecule has 1 aromatic carbocycles. The number of rotatable bonds is 1. The highest BCUT2D eigenvalue weighted by Crippen LogP contribution is 2.42. The number of nitrogens with one attached hydrogen (secondary N) is 1. The van der Waals surface area contributed by atoms with E-state index in [1.165, 1.54) is 0 Å². The number of fused-ring (bicyclic) bond motifs is 1. The highest BCUT2D eigenvalue weighted by molar-refractivity contribution is 8.00. The first-order chi connectivity index (χ1) is 8.08. The quantitative estimate of drug-likeness (QED) is 0.831. The van der Waals surface area contributed by atoms with Gasteiger partial charge in [-0.15, -0.1) is 11.8 Å². The predicted octanol–water partition coefficient (Wildman–Crippen LogP) is 2.75. The fraction of sp³-hybridized carbons (Fsp3) is 0.462. The number of ether oxygens (including phenoxy) is 1. The molecule has 17 heavy (non-hydrogen) atoms. The molecule has 1 saturated heterocycles. The van der Waals surface area contributed by atoms with Gasteiger partial charge in [-0.05, 0) is 31.5 Å². The van der Waals surface area contributed by atoms with Crippen LogP contribution in [0, 0.1) is 0 Å². The lowest BCUT2D eigenvalue weighted by Crippen LogP contribution is -2.37. The molecule has 1 aromatic rings. The van der Waals surface area contributed by atoms with E-state index in [0.717, 1.165) is 29.2 Å². The minimum absolute atomic E-state index is 0.0103. The summed E-state index contributed by atoms with van der Waals surface area (Å²) in [6.45, 7) is 4.84. The lowest BCUT2D eigenvalue weighted by Gasteiger charge is -2.39. The van der Waals surface area contributed by atoms with E-state index in [-0.39, 0.29) is 16.8 Å². The Morgan fingerprint density at radius 2 is 2.29 bits per heavy atom. The number of anilines is 1. The molecule has 2 atom stereocenters. The number of carbonyl (C=O) groups excluding carboxylic acids is 1. The molecule has 3 nitrogen and oxygen atoms in total. The molecule has 0 saturated carbocycles. The standard InChI is InChI=1S/C13H15NO2S/c1-8-12(15)14-10-7-9(3-4-11(10)17-8)13(2)5-6-16-13/h3-4,7-8H,5-6H2,1-2H3,(H,14,15). The zero-order valence-corrected chi connectivity index (χ0v) is 10.8. The normalized spacial score (nSPS) is 31.4. The molecule has 0 aromatic heterocycles. The van der Waals surface area contributed by atoms with Crippen LogP contribution in [0.3, 0.4) is 0 Å². The Bertz CT molecular complexity index is 482. The van der Waals surface area contributed by atoms with E-state index < -0.39 is 0 Å². The molecule has 0 spiro atoms. The van der Waals surface area contributed by atoms with Crippen molar-refractivity contribution in [2.45, 2.75) is 36.0 Å². The van der Waals surface area contributed by atoms with Gasteiger partial charge in [0.15, 0.2) is 0 Å². The van der Waals surface area contributed by atoms with Crippen molar-refractivity contribution in [2.75, 3.05) is 11.9 Å². The SMILES string of the molecule is CC1Sc2ccc(C3(C)CCO3)cc2NC1=O. The van der Waals surface area contributed by atoms with Crippen molar-refractivity contribution in [3.63, 3.8) is 0 Å². The van der Waals surface area contributed by atoms with Crippen LogP contribution in [0.5, 0.6) is 0 Å². The lowest BCUT2D eigenvalue weighted by molar-refractivity contribution is -0.140. The van der Waals surface area contributed by atoms with E-state index in [2.05, 4.69) is 24.4 Å².